The monoisotopic (exact) mass is 309 g/mol. The second-order valence-electron chi connectivity index (χ2n) is 4.79. The molecule has 1 atom stereocenters. The molecule has 0 aromatic heterocycles. The summed E-state index contributed by atoms with van der Waals surface area (Å²) in [6.07, 6.45) is 2.95. The summed E-state index contributed by atoms with van der Waals surface area (Å²) < 4.78 is 0. The largest absolute Gasteiger partial charge is 0.335 e. The Balaban J connectivity index is 2.16. The summed E-state index contributed by atoms with van der Waals surface area (Å²) in [4.78, 5) is 4.82. The highest BCUT2D eigenvalue weighted by molar-refractivity contribution is 8.13. The van der Waals surface area contributed by atoms with Crippen molar-refractivity contribution in [2.75, 3.05) is 11.6 Å². The molecule has 22 heavy (non-hydrogen) atoms. The average molecular weight is 309 g/mol. The predicted molar refractivity (Wildman–Crippen MR) is 95.2 cm³/mol. The van der Waals surface area contributed by atoms with Crippen molar-refractivity contribution >= 4 is 22.6 Å². The van der Waals surface area contributed by atoms with Crippen LogP contribution in [0.5, 0.6) is 0 Å². The summed E-state index contributed by atoms with van der Waals surface area (Å²) in [7, 11) is 0. The number of hydrogen-bond acceptors (Lipinski definition) is 3. The Hall–Kier alpha value is -2.25. The van der Waals surface area contributed by atoms with Gasteiger partial charge in [0, 0.05) is 5.69 Å². The number of benzene rings is 2. The first-order chi connectivity index (χ1) is 10.8. The molecule has 4 heteroatoms. The Morgan fingerprint density at radius 3 is 2.41 bits per heavy atom. The van der Waals surface area contributed by atoms with E-state index in [2.05, 4.69) is 30.4 Å². The van der Waals surface area contributed by atoms with Gasteiger partial charge >= 0.3 is 0 Å². The summed E-state index contributed by atoms with van der Waals surface area (Å²) in [5.41, 5.74) is 2.82. The molecule has 1 N–H and O–H groups in total. The molecule has 0 amide bonds. The Labute approximate surface area is 136 Å². The van der Waals surface area contributed by atoms with Gasteiger partial charge in [-0.1, -0.05) is 49.0 Å². The summed E-state index contributed by atoms with van der Waals surface area (Å²) in [5, 5.41) is 13.0. The van der Waals surface area contributed by atoms with Gasteiger partial charge in [0.2, 0.25) is 0 Å². The van der Waals surface area contributed by atoms with Crippen molar-refractivity contribution in [3.8, 4) is 6.07 Å². The molecule has 0 fully saturated rings. The Bertz CT molecular complexity index is 657. The minimum absolute atomic E-state index is 0.148. The third-order valence-corrected chi connectivity index (χ3v) is 3.90. The predicted octanol–water partition coefficient (Wildman–Crippen LogP) is 4.84. The maximum absolute atomic E-state index is 8.84. The Kier molecular flexibility index (Phi) is 6.05. The maximum atomic E-state index is 8.84. The van der Waals surface area contributed by atoms with Crippen LogP contribution in [0.1, 0.15) is 30.5 Å². The number of nitriles is 1. The average Bonchev–Trinajstić information content (AvgIpc) is 2.60. The lowest BCUT2D eigenvalue weighted by molar-refractivity contribution is 0.703. The molecule has 0 saturated heterocycles. The van der Waals surface area contributed by atoms with E-state index in [9.17, 15) is 0 Å². The standard InChI is InChI=1S/C18H19N3S/c1-3-17(15-7-5-4-6-8-15)21-18(22-2)20-16-11-9-14(13-19)10-12-16/h4-12,17H,3H2,1-2H3,(H,20,21)/t17-/m0/s1. The molecular formula is C18H19N3S. The molecule has 2 aromatic carbocycles. The van der Waals surface area contributed by atoms with Crippen LogP contribution in [0.15, 0.2) is 59.6 Å². The molecule has 0 spiro atoms. The van der Waals surface area contributed by atoms with Gasteiger partial charge in [-0.15, -0.1) is 0 Å². The van der Waals surface area contributed by atoms with Crippen LogP contribution < -0.4 is 5.32 Å². The maximum Gasteiger partial charge on any atom is 0.161 e. The molecule has 112 valence electrons. The van der Waals surface area contributed by atoms with Gasteiger partial charge in [-0.05, 0) is 42.5 Å². The van der Waals surface area contributed by atoms with Gasteiger partial charge in [0.1, 0.15) is 0 Å². The SMILES string of the molecule is CC[C@H](N=C(Nc1ccc(C#N)cc1)SC)c1ccccc1. The third-order valence-electron chi connectivity index (χ3n) is 3.30. The summed E-state index contributed by atoms with van der Waals surface area (Å²) >= 11 is 1.59. The van der Waals surface area contributed by atoms with E-state index in [-0.39, 0.29) is 6.04 Å². The van der Waals surface area contributed by atoms with Gasteiger partial charge in [0.25, 0.3) is 0 Å². The number of anilines is 1. The van der Waals surface area contributed by atoms with Crippen LogP contribution in [0.2, 0.25) is 0 Å². The first-order valence-electron chi connectivity index (χ1n) is 7.20. The van der Waals surface area contributed by atoms with Crippen LogP contribution >= 0.6 is 11.8 Å². The Morgan fingerprint density at radius 1 is 1.18 bits per heavy atom. The highest BCUT2D eigenvalue weighted by Crippen LogP contribution is 2.23. The van der Waals surface area contributed by atoms with Crippen molar-refractivity contribution in [2.45, 2.75) is 19.4 Å². The van der Waals surface area contributed by atoms with E-state index in [1.807, 2.05) is 36.6 Å². The number of thioether (sulfide) groups is 1. The summed E-state index contributed by atoms with van der Waals surface area (Å²) in [5.74, 6) is 0. The number of nitrogens with zero attached hydrogens (tertiary/aromatic N) is 2. The van der Waals surface area contributed by atoms with E-state index in [0.29, 0.717) is 5.56 Å². The first-order valence-corrected chi connectivity index (χ1v) is 8.43. The quantitative estimate of drug-likeness (QED) is 0.649. The number of hydrogen-bond donors (Lipinski definition) is 1. The highest BCUT2D eigenvalue weighted by Gasteiger charge is 2.09. The number of aliphatic imine (C=N–C) groups is 1. The molecule has 0 unspecified atom stereocenters. The van der Waals surface area contributed by atoms with Gasteiger partial charge in [-0.25, -0.2) is 0 Å². The van der Waals surface area contributed by atoms with Crippen LogP contribution in [-0.2, 0) is 0 Å². The van der Waals surface area contributed by atoms with Crippen LogP contribution in [0.25, 0.3) is 0 Å². The van der Waals surface area contributed by atoms with Crippen molar-refractivity contribution in [2.24, 2.45) is 4.99 Å². The number of rotatable bonds is 4. The number of amidine groups is 1. The molecule has 2 rings (SSSR count). The third kappa shape index (κ3) is 4.37. The van der Waals surface area contributed by atoms with Gasteiger partial charge in [-0.3, -0.25) is 4.99 Å². The van der Waals surface area contributed by atoms with Gasteiger partial charge in [0.05, 0.1) is 17.7 Å². The molecule has 0 aliphatic carbocycles. The lowest BCUT2D eigenvalue weighted by Crippen LogP contribution is -2.09. The Morgan fingerprint density at radius 2 is 1.86 bits per heavy atom. The molecule has 3 nitrogen and oxygen atoms in total. The molecule has 0 radical (unpaired) electrons. The topological polar surface area (TPSA) is 48.2 Å². The first kappa shape index (κ1) is 16.1. The second kappa shape index (κ2) is 8.26. The normalized spacial score (nSPS) is 12.5. The second-order valence-corrected chi connectivity index (χ2v) is 5.58. The summed E-state index contributed by atoms with van der Waals surface area (Å²) in [6, 6.07) is 20.0. The number of nitrogens with one attached hydrogen (secondary N) is 1. The van der Waals surface area contributed by atoms with Crippen molar-refractivity contribution < 1.29 is 0 Å². The van der Waals surface area contributed by atoms with Crippen LogP contribution in [0.3, 0.4) is 0 Å². The minimum Gasteiger partial charge on any atom is -0.335 e. The fourth-order valence-electron chi connectivity index (χ4n) is 2.11. The fourth-order valence-corrected chi connectivity index (χ4v) is 2.56. The molecule has 0 bridgehead atoms. The molecule has 0 heterocycles. The zero-order valence-corrected chi connectivity index (χ0v) is 13.6. The molecule has 0 saturated carbocycles. The van der Waals surface area contributed by atoms with Crippen LogP contribution in [-0.4, -0.2) is 11.4 Å². The smallest absolute Gasteiger partial charge is 0.161 e. The molecular weight excluding hydrogens is 290 g/mol. The summed E-state index contributed by atoms with van der Waals surface area (Å²) in [6.45, 7) is 2.14. The van der Waals surface area contributed by atoms with E-state index >= 15 is 0 Å². The highest BCUT2D eigenvalue weighted by atomic mass is 32.2. The zero-order valence-electron chi connectivity index (χ0n) is 12.8. The molecule has 0 aliphatic heterocycles. The van der Waals surface area contributed by atoms with Crippen molar-refractivity contribution in [3.63, 3.8) is 0 Å². The van der Waals surface area contributed by atoms with E-state index < -0.39 is 0 Å². The van der Waals surface area contributed by atoms with E-state index in [0.717, 1.165) is 17.3 Å². The van der Waals surface area contributed by atoms with Crippen molar-refractivity contribution in [3.05, 3.63) is 65.7 Å². The van der Waals surface area contributed by atoms with Crippen molar-refractivity contribution in [1.82, 2.24) is 0 Å². The van der Waals surface area contributed by atoms with E-state index in [4.69, 9.17) is 10.3 Å². The molecule has 2 aromatic rings. The van der Waals surface area contributed by atoms with Gasteiger partial charge in [0.15, 0.2) is 5.17 Å². The van der Waals surface area contributed by atoms with Crippen molar-refractivity contribution in [1.29, 1.82) is 5.26 Å². The lowest BCUT2D eigenvalue weighted by atomic mass is 10.1. The van der Waals surface area contributed by atoms with Crippen LogP contribution in [0, 0.1) is 11.3 Å². The fraction of sp³-hybridized carbons (Fsp3) is 0.222. The van der Waals surface area contributed by atoms with Crippen LogP contribution in [0.4, 0.5) is 5.69 Å². The zero-order chi connectivity index (χ0) is 15.8. The van der Waals surface area contributed by atoms with Gasteiger partial charge < -0.3 is 5.32 Å². The molecule has 0 aliphatic rings. The minimum atomic E-state index is 0.148. The van der Waals surface area contributed by atoms with Gasteiger partial charge in [-0.2, -0.15) is 5.26 Å². The van der Waals surface area contributed by atoms with E-state index in [1.54, 1.807) is 23.9 Å². The van der Waals surface area contributed by atoms with E-state index in [1.165, 1.54) is 5.56 Å². The lowest BCUT2D eigenvalue weighted by Gasteiger charge is -2.14.